The Bertz CT molecular complexity index is 1470. The van der Waals surface area contributed by atoms with Crippen LogP contribution in [0.3, 0.4) is 0 Å². The molecule has 7 N–H and O–H groups in total. The van der Waals surface area contributed by atoms with E-state index in [4.69, 9.17) is 5.14 Å². The summed E-state index contributed by atoms with van der Waals surface area (Å²) in [6, 6.07) is 4.19. The number of carboxylic acid groups (broad SMARTS) is 1. The predicted molar refractivity (Wildman–Crippen MR) is 137 cm³/mol. The number of aromatic nitrogens is 2. The summed E-state index contributed by atoms with van der Waals surface area (Å²) < 4.78 is 23.0. The lowest BCUT2D eigenvalue weighted by atomic mass is 9.79. The highest BCUT2D eigenvalue weighted by Gasteiger charge is 2.60. The summed E-state index contributed by atoms with van der Waals surface area (Å²) >= 11 is 1.37. The molecule has 4 heterocycles. The highest BCUT2D eigenvalue weighted by molar-refractivity contribution is 8.03. The van der Waals surface area contributed by atoms with Gasteiger partial charge in [0.1, 0.15) is 5.70 Å². The van der Waals surface area contributed by atoms with Gasteiger partial charge in [-0.2, -0.15) is 0 Å². The zero-order valence-electron chi connectivity index (χ0n) is 20.5. The lowest BCUT2D eigenvalue weighted by Crippen LogP contribution is -2.63. The number of aliphatic carboxylic acids is 1. The number of fused-ring (bicyclic) bond motifs is 2. The maximum atomic E-state index is 12.8. The van der Waals surface area contributed by atoms with Crippen LogP contribution in [-0.4, -0.2) is 81.3 Å². The Kier molecular flexibility index (Phi) is 6.76. The summed E-state index contributed by atoms with van der Waals surface area (Å²) in [6.45, 7) is 4.10. The number of aromatic amines is 1. The van der Waals surface area contributed by atoms with Crippen LogP contribution in [-0.2, 0) is 31.0 Å². The van der Waals surface area contributed by atoms with E-state index in [9.17, 15) is 33.0 Å². The number of amides is 2. The maximum Gasteiger partial charge on any atom is 0.353 e. The quantitative estimate of drug-likeness (QED) is 0.225. The second-order valence-electron chi connectivity index (χ2n) is 9.86. The number of rotatable bonds is 8. The molecule has 0 saturated carbocycles. The number of sulfonamides is 1. The standard InChI is InChI=1S/C23H28N6O7S2/c1-9-17-16(10(2)30)21(32)29(17)18(22(33)34)19(9)37-12-6-15(25-8-12)20(31)26-7-11-3-4-13-14(5-11)28-23(27-13)38(24,35)36/h3-5,9-10,12,15-17,25,30H,6-8H2,1-2H3,(H,26,31)(H,27,28)(H,33,34)(H2,24,35,36)/t9-,10-,12+,15+,16-,17-/m1/s1. The Hall–Kier alpha value is -2.98. The first kappa shape index (κ1) is 26.6. The number of imidazole rings is 1. The van der Waals surface area contributed by atoms with Gasteiger partial charge in [-0.1, -0.05) is 13.0 Å². The number of carbonyl (C=O) groups excluding carboxylic acids is 2. The van der Waals surface area contributed by atoms with E-state index in [-0.39, 0.29) is 46.4 Å². The van der Waals surface area contributed by atoms with E-state index in [2.05, 4.69) is 20.6 Å². The molecule has 0 unspecified atom stereocenters. The first-order valence-corrected chi connectivity index (χ1v) is 14.5. The lowest BCUT2D eigenvalue weighted by Gasteiger charge is -2.46. The normalized spacial score (nSPS) is 27.9. The van der Waals surface area contributed by atoms with Crippen LogP contribution in [0.2, 0.25) is 0 Å². The van der Waals surface area contributed by atoms with E-state index >= 15 is 0 Å². The number of β-lactam (4-membered cyclic amide) rings is 1. The fraction of sp³-hybridized carbons (Fsp3) is 0.478. The van der Waals surface area contributed by atoms with Crippen LogP contribution in [0.5, 0.6) is 0 Å². The van der Waals surface area contributed by atoms with Crippen LogP contribution in [0, 0.1) is 11.8 Å². The smallest absolute Gasteiger partial charge is 0.353 e. The van der Waals surface area contributed by atoms with Crippen molar-refractivity contribution in [2.24, 2.45) is 17.0 Å². The summed E-state index contributed by atoms with van der Waals surface area (Å²) in [5.41, 5.74) is 1.62. The van der Waals surface area contributed by atoms with Crippen molar-refractivity contribution in [2.75, 3.05) is 6.54 Å². The molecule has 6 atom stereocenters. The molecule has 5 rings (SSSR count). The fourth-order valence-corrected chi connectivity index (χ4v) is 7.40. The minimum atomic E-state index is -3.97. The predicted octanol–water partition coefficient (Wildman–Crippen LogP) is -0.556. The van der Waals surface area contributed by atoms with Crippen molar-refractivity contribution in [3.8, 4) is 0 Å². The van der Waals surface area contributed by atoms with E-state index in [1.54, 1.807) is 18.2 Å². The molecule has 204 valence electrons. The van der Waals surface area contributed by atoms with Gasteiger partial charge in [0.15, 0.2) is 0 Å². The molecule has 3 aliphatic rings. The van der Waals surface area contributed by atoms with E-state index in [0.717, 1.165) is 5.56 Å². The third kappa shape index (κ3) is 4.58. The molecule has 15 heteroatoms. The SMILES string of the molecule is C[C@@H](O)[C@H]1C(=O)N2C(C(=O)O)=C(S[C@@H]3CN[C@H](C(=O)NCc4ccc5nc(S(N)(=O)=O)[nH]c5c4)C3)[C@H](C)[C@H]12. The lowest BCUT2D eigenvalue weighted by molar-refractivity contribution is -0.163. The average Bonchev–Trinajstić information content (AvgIpc) is 3.53. The zero-order valence-corrected chi connectivity index (χ0v) is 22.2. The Morgan fingerprint density at radius 1 is 1.37 bits per heavy atom. The number of nitrogens with one attached hydrogen (secondary N) is 3. The number of carbonyl (C=O) groups is 3. The summed E-state index contributed by atoms with van der Waals surface area (Å²) in [5.74, 6) is -2.62. The van der Waals surface area contributed by atoms with E-state index in [1.165, 1.54) is 23.6 Å². The van der Waals surface area contributed by atoms with Gasteiger partial charge in [0.2, 0.25) is 17.0 Å². The van der Waals surface area contributed by atoms with Gasteiger partial charge in [-0.05, 0) is 31.0 Å². The molecule has 2 saturated heterocycles. The highest BCUT2D eigenvalue weighted by Crippen LogP contribution is 2.51. The van der Waals surface area contributed by atoms with Gasteiger partial charge in [-0.25, -0.2) is 23.3 Å². The van der Waals surface area contributed by atoms with Crippen molar-refractivity contribution in [2.45, 2.75) is 55.4 Å². The molecular formula is C23H28N6O7S2. The second kappa shape index (κ2) is 9.64. The molecule has 38 heavy (non-hydrogen) atoms. The molecular weight excluding hydrogens is 536 g/mol. The molecule has 1 aromatic carbocycles. The van der Waals surface area contributed by atoms with E-state index in [0.29, 0.717) is 28.9 Å². The minimum Gasteiger partial charge on any atom is -0.477 e. The van der Waals surface area contributed by atoms with Crippen LogP contribution in [0.25, 0.3) is 11.0 Å². The molecule has 2 aromatic rings. The summed E-state index contributed by atoms with van der Waals surface area (Å²) in [7, 11) is -3.97. The maximum absolute atomic E-state index is 12.8. The minimum absolute atomic E-state index is 0.0258. The van der Waals surface area contributed by atoms with Crippen molar-refractivity contribution >= 4 is 50.6 Å². The van der Waals surface area contributed by atoms with Crippen LogP contribution < -0.4 is 15.8 Å². The van der Waals surface area contributed by atoms with Crippen LogP contribution in [0.4, 0.5) is 0 Å². The summed E-state index contributed by atoms with van der Waals surface area (Å²) in [5, 5.41) is 30.6. The molecule has 2 amide bonds. The zero-order chi connectivity index (χ0) is 27.5. The Labute approximate surface area is 222 Å². The van der Waals surface area contributed by atoms with Crippen molar-refractivity contribution in [1.29, 1.82) is 0 Å². The second-order valence-corrected chi connectivity index (χ2v) is 12.7. The third-order valence-corrected chi connectivity index (χ3v) is 9.52. The Balaban J connectivity index is 1.21. The third-order valence-electron chi connectivity index (χ3n) is 7.27. The van der Waals surface area contributed by atoms with Gasteiger partial charge in [-0.15, -0.1) is 11.8 Å². The number of hydrogen-bond donors (Lipinski definition) is 6. The number of aliphatic hydroxyl groups is 1. The molecule has 13 nitrogen and oxygen atoms in total. The highest BCUT2D eigenvalue weighted by atomic mass is 32.2. The molecule has 3 aliphatic heterocycles. The number of primary sulfonamides is 1. The number of hydrogen-bond acceptors (Lipinski definition) is 9. The van der Waals surface area contributed by atoms with Crippen molar-refractivity contribution in [1.82, 2.24) is 25.5 Å². The van der Waals surface area contributed by atoms with E-state index < -0.39 is 34.1 Å². The Morgan fingerprint density at radius 3 is 2.76 bits per heavy atom. The molecule has 2 fully saturated rings. The van der Waals surface area contributed by atoms with Gasteiger partial charge < -0.3 is 30.7 Å². The molecule has 0 spiro atoms. The van der Waals surface area contributed by atoms with Gasteiger partial charge in [-0.3, -0.25) is 9.59 Å². The number of thioether (sulfide) groups is 1. The summed E-state index contributed by atoms with van der Waals surface area (Å²) in [6.07, 6.45) is -0.397. The number of H-pyrrole nitrogens is 1. The number of carboxylic acids is 1. The van der Waals surface area contributed by atoms with Crippen LogP contribution in [0.15, 0.2) is 34.0 Å². The average molecular weight is 565 g/mol. The number of benzene rings is 1. The largest absolute Gasteiger partial charge is 0.477 e. The monoisotopic (exact) mass is 564 g/mol. The van der Waals surface area contributed by atoms with Crippen molar-refractivity contribution in [3.05, 3.63) is 34.4 Å². The number of aliphatic hydroxyl groups excluding tert-OH is 1. The summed E-state index contributed by atoms with van der Waals surface area (Å²) in [4.78, 5) is 45.9. The first-order valence-electron chi connectivity index (χ1n) is 12.0. The van der Waals surface area contributed by atoms with Crippen molar-refractivity contribution < 1.29 is 33.0 Å². The number of nitrogens with zero attached hydrogens (tertiary/aromatic N) is 2. The fourth-order valence-electron chi connectivity index (χ4n) is 5.44. The van der Waals surface area contributed by atoms with Gasteiger partial charge in [0.25, 0.3) is 10.0 Å². The molecule has 1 aromatic heterocycles. The number of nitrogens with two attached hydrogens (primary N) is 1. The van der Waals surface area contributed by atoms with Crippen molar-refractivity contribution in [3.63, 3.8) is 0 Å². The molecule has 0 radical (unpaired) electrons. The van der Waals surface area contributed by atoms with Gasteiger partial charge in [0.05, 0.1) is 35.1 Å². The van der Waals surface area contributed by atoms with E-state index in [1.807, 2.05) is 6.92 Å². The topological polar surface area (TPSA) is 208 Å². The van der Waals surface area contributed by atoms with Gasteiger partial charge >= 0.3 is 5.97 Å². The van der Waals surface area contributed by atoms with Gasteiger partial charge in [0, 0.05) is 29.2 Å². The molecule has 0 aliphatic carbocycles. The first-order chi connectivity index (χ1) is 17.9. The van der Waals surface area contributed by atoms with Crippen LogP contribution >= 0.6 is 11.8 Å². The van der Waals surface area contributed by atoms with Crippen LogP contribution in [0.1, 0.15) is 25.8 Å². The Morgan fingerprint density at radius 2 is 2.11 bits per heavy atom. The molecule has 0 bridgehead atoms.